The van der Waals surface area contributed by atoms with Crippen LogP contribution in [0.2, 0.25) is 10.0 Å². The summed E-state index contributed by atoms with van der Waals surface area (Å²) in [6, 6.07) is 4.51. The summed E-state index contributed by atoms with van der Waals surface area (Å²) in [5.41, 5.74) is 0.464. The number of hydrogen-bond acceptors (Lipinski definition) is 2. The van der Waals surface area contributed by atoms with E-state index in [1.54, 1.807) is 23.1 Å². The Hall–Kier alpha value is -1.26. The summed E-state index contributed by atoms with van der Waals surface area (Å²) in [7, 11) is 0. The van der Waals surface area contributed by atoms with Gasteiger partial charge in [-0.1, -0.05) is 23.2 Å². The second-order valence-electron chi connectivity index (χ2n) is 5.66. The number of urea groups is 1. The molecular formula is C14H12Cl2N2O2. The maximum absolute atomic E-state index is 12.6. The summed E-state index contributed by atoms with van der Waals surface area (Å²) in [5.74, 6) is 0.177. The van der Waals surface area contributed by atoms with E-state index in [1.165, 1.54) is 4.90 Å². The van der Waals surface area contributed by atoms with Crippen LogP contribution in [0.5, 0.6) is 0 Å². The molecule has 3 aliphatic rings. The van der Waals surface area contributed by atoms with E-state index in [1.807, 2.05) is 0 Å². The van der Waals surface area contributed by atoms with E-state index < -0.39 is 0 Å². The molecule has 3 unspecified atom stereocenters. The number of carbonyl (C=O) groups is 2. The summed E-state index contributed by atoms with van der Waals surface area (Å²) in [4.78, 5) is 28.1. The van der Waals surface area contributed by atoms with Crippen LogP contribution in [0.15, 0.2) is 18.2 Å². The molecule has 2 heterocycles. The van der Waals surface area contributed by atoms with Crippen LogP contribution >= 0.6 is 23.2 Å². The first kappa shape index (κ1) is 12.5. The van der Waals surface area contributed by atoms with Crippen LogP contribution in [0.4, 0.5) is 10.5 Å². The first-order chi connectivity index (χ1) is 9.56. The fourth-order valence-corrected chi connectivity index (χ4v) is 4.34. The standard InChI is InChI=1S/C14H12Cl2N2O2/c15-8-4-9(16)6-11(5-8)18-13(19)12-7-1-2-10(3-7)17(12)14(18)20/h4-7,10,12H,1-3H2. The van der Waals surface area contributed by atoms with Crippen molar-refractivity contribution in [2.75, 3.05) is 4.90 Å². The third-order valence-electron chi connectivity index (χ3n) is 4.58. The largest absolute Gasteiger partial charge is 0.332 e. The number of hydrogen-bond donors (Lipinski definition) is 0. The number of nitrogens with zero attached hydrogens (tertiary/aromatic N) is 2. The first-order valence-corrected chi connectivity index (χ1v) is 7.44. The van der Waals surface area contributed by atoms with Crippen LogP contribution in [-0.2, 0) is 4.79 Å². The van der Waals surface area contributed by atoms with Gasteiger partial charge in [-0.25, -0.2) is 9.69 Å². The van der Waals surface area contributed by atoms with Crippen molar-refractivity contribution >= 4 is 40.8 Å². The topological polar surface area (TPSA) is 40.6 Å². The fourth-order valence-electron chi connectivity index (χ4n) is 3.83. The lowest BCUT2D eigenvalue weighted by molar-refractivity contribution is -0.120. The van der Waals surface area contributed by atoms with Crippen molar-refractivity contribution in [3.8, 4) is 0 Å². The van der Waals surface area contributed by atoms with E-state index in [4.69, 9.17) is 23.2 Å². The van der Waals surface area contributed by atoms with Gasteiger partial charge in [0, 0.05) is 16.1 Å². The number of halogens is 2. The van der Waals surface area contributed by atoms with Crippen molar-refractivity contribution in [2.45, 2.75) is 31.3 Å². The second-order valence-corrected chi connectivity index (χ2v) is 6.54. The van der Waals surface area contributed by atoms with Crippen LogP contribution in [0.25, 0.3) is 0 Å². The Morgan fingerprint density at radius 1 is 1.05 bits per heavy atom. The van der Waals surface area contributed by atoms with E-state index in [0.717, 1.165) is 19.3 Å². The van der Waals surface area contributed by atoms with Gasteiger partial charge in [-0.05, 0) is 43.4 Å². The smallest absolute Gasteiger partial charge is 0.309 e. The fraction of sp³-hybridized carbons (Fsp3) is 0.429. The molecule has 3 amide bonds. The van der Waals surface area contributed by atoms with E-state index in [2.05, 4.69) is 0 Å². The van der Waals surface area contributed by atoms with Gasteiger partial charge in [-0.2, -0.15) is 0 Å². The van der Waals surface area contributed by atoms with Gasteiger partial charge in [0.25, 0.3) is 5.91 Å². The third kappa shape index (κ3) is 1.55. The molecule has 20 heavy (non-hydrogen) atoms. The van der Waals surface area contributed by atoms with Gasteiger partial charge in [-0.3, -0.25) is 4.79 Å². The van der Waals surface area contributed by atoms with Crippen molar-refractivity contribution in [3.63, 3.8) is 0 Å². The van der Waals surface area contributed by atoms with Gasteiger partial charge < -0.3 is 4.90 Å². The molecule has 0 spiro atoms. The Balaban J connectivity index is 1.76. The second kappa shape index (κ2) is 4.12. The van der Waals surface area contributed by atoms with Gasteiger partial charge >= 0.3 is 6.03 Å². The average Bonchev–Trinajstić information content (AvgIpc) is 3.02. The van der Waals surface area contributed by atoms with Gasteiger partial charge in [0.15, 0.2) is 0 Å². The number of carbonyl (C=O) groups excluding carboxylic acids is 2. The van der Waals surface area contributed by atoms with E-state index in [-0.39, 0.29) is 24.0 Å². The Bertz CT molecular complexity index is 585. The highest BCUT2D eigenvalue weighted by Gasteiger charge is 2.59. The Labute approximate surface area is 126 Å². The summed E-state index contributed by atoms with van der Waals surface area (Å²) in [5, 5.41) is 0.839. The molecule has 1 aliphatic carbocycles. The maximum Gasteiger partial charge on any atom is 0.332 e. The van der Waals surface area contributed by atoms with Crippen molar-refractivity contribution in [3.05, 3.63) is 28.2 Å². The van der Waals surface area contributed by atoms with Gasteiger partial charge in [0.05, 0.1) is 5.69 Å². The lowest BCUT2D eigenvalue weighted by Crippen LogP contribution is -2.40. The zero-order valence-electron chi connectivity index (χ0n) is 10.6. The molecule has 6 heteroatoms. The van der Waals surface area contributed by atoms with Crippen molar-refractivity contribution in [1.82, 2.24) is 4.90 Å². The highest BCUT2D eigenvalue weighted by molar-refractivity contribution is 6.35. The zero-order valence-corrected chi connectivity index (χ0v) is 12.1. The van der Waals surface area contributed by atoms with Crippen LogP contribution < -0.4 is 4.90 Å². The molecule has 0 radical (unpaired) electrons. The van der Waals surface area contributed by atoms with E-state index in [9.17, 15) is 9.59 Å². The molecule has 2 saturated heterocycles. The molecule has 0 N–H and O–H groups in total. The molecular weight excluding hydrogens is 299 g/mol. The average molecular weight is 311 g/mol. The number of anilines is 1. The lowest BCUT2D eigenvalue weighted by atomic mass is 9.99. The molecule has 1 aromatic carbocycles. The minimum absolute atomic E-state index is 0.138. The predicted molar refractivity (Wildman–Crippen MR) is 76.1 cm³/mol. The number of piperidine rings is 1. The summed E-state index contributed by atoms with van der Waals surface area (Å²) in [6.07, 6.45) is 3.01. The number of amides is 3. The van der Waals surface area contributed by atoms with Gasteiger partial charge in [0.1, 0.15) is 6.04 Å². The van der Waals surface area contributed by atoms with Crippen molar-refractivity contribution in [2.24, 2.45) is 5.92 Å². The first-order valence-electron chi connectivity index (χ1n) is 6.68. The van der Waals surface area contributed by atoms with Gasteiger partial charge in [0.2, 0.25) is 0 Å². The molecule has 3 atom stereocenters. The SMILES string of the molecule is O=C1C2C3CCC(C3)N2C(=O)N1c1cc(Cl)cc(Cl)c1. The number of imide groups is 1. The highest BCUT2D eigenvalue weighted by Crippen LogP contribution is 2.47. The van der Waals surface area contributed by atoms with Crippen LogP contribution in [0.3, 0.4) is 0 Å². The van der Waals surface area contributed by atoms with E-state index in [0.29, 0.717) is 21.7 Å². The molecule has 1 saturated carbocycles. The number of benzene rings is 1. The third-order valence-corrected chi connectivity index (χ3v) is 5.01. The minimum Gasteiger partial charge on any atom is -0.309 e. The lowest BCUT2D eigenvalue weighted by Gasteiger charge is -2.25. The molecule has 4 rings (SSSR count). The molecule has 104 valence electrons. The van der Waals surface area contributed by atoms with Crippen LogP contribution in [-0.4, -0.2) is 28.9 Å². The molecule has 3 fully saturated rings. The Morgan fingerprint density at radius 3 is 2.40 bits per heavy atom. The summed E-state index contributed by atoms with van der Waals surface area (Å²) >= 11 is 11.9. The molecule has 2 aliphatic heterocycles. The van der Waals surface area contributed by atoms with Crippen molar-refractivity contribution in [1.29, 1.82) is 0 Å². The minimum atomic E-state index is -0.279. The van der Waals surface area contributed by atoms with Gasteiger partial charge in [-0.15, -0.1) is 0 Å². The normalized spacial score (nSPS) is 31.4. The Morgan fingerprint density at radius 2 is 1.75 bits per heavy atom. The monoisotopic (exact) mass is 310 g/mol. The van der Waals surface area contributed by atoms with Crippen LogP contribution in [0, 0.1) is 5.92 Å². The number of fused-ring (bicyclic) bond motifs is 5. The maximum atomic E-state index is 12.6. The zero-order chi connectivity index (χ0) is 14.0. The molecule has 1 aromatic rings. The molecule has 2 bridgehead atoms. The summed E-state index contributed by atoms with van der Waals surface area (Å²) < 4.78 is 0. The van der Waals surface area contributed by atoms with Crippen LogP contribution in [0.1, 0.15) is 19.3 Å². The number of rotatable bonds is 1. The predicted octanol–water partition coefficient (Wildman–Crippen LogP) is 3.31. The molecule has 0 aromatic heterocycles. The quantitative estimate of drug-likeness (QED) is 0.747. The highest BCUT2D eigenvalue weighted by atomic mass is 35.5. The van der Waals surface area contributed by atoms with Crippen molar-refractivity contribution < 1.29 is 9.59 Å². The summed E-state index contributed by atoms with van der Waals surface area (Å²) in [6.45, 7) is 0. The Kier molecular flexibility index (Phi) is 2.57. The van der Waals surface area contributed by atoms with E-state index >= 15 is 0 Å². The molecule has 4 nitrogen and oxygen atoms in total.